The molecular weight excluding hydrogens is 350 g/mol. The van der Waals surface area contributed by atoms with Gasteiger partial charge in [0.05, 0.1) is 23.3 Å². The number of likely N-dealkylation sites (N-methyl/N-ethyl adjacent to an activating group) is 1. The van der Waals surface area contributed by atoms with Crippen LogP contribution in [0.5, 0.6) is 0 Å². The standard InChI is InChI=1S/C18H25N5O2S/c1-13-16(14(2)25-21-13)11-26-12-18(24)20-15-4-5-17(19-10-15)23-8-6-22(3)7-9-23/h4-5,10H,6-9,11-12H2,1-3H3,(H,20,24). The summed E-state index contributed by atoms with van der Waals surface area (Å²) >= 11 is 1.55. The Kier molecular flexibility index (Phi) is 6.16. The molecule has 1 aliphatic rings. The Morgan fingerprint density at radius 2 is 2.04 bits per heavy atom. The first-order valence-electron chi connectivity index (χ1n) is 8.72. The van der Waals surface area contributed by atoms with E-state index >= 15 is 0 Å². The molecule has 0 aliphatic carbocycles. The molecule has 0 bridgehead atoms. The lowest BCUT2D eigenvalue weighted by atomic mass is 10.2. The fourth-order valence-corrected chi connectivity index (χ4v) is 3.81. The van der Waals surface area contributed by atoms with Gasteiger partial charge in [0.25, 0.3) is 0 Å². The number of aryl methyl sites for hydroxylation is 2. The van der Waals surface area contributed by atoms with E-state index in [1.165, 1.54) is 0 Å². The molecule has 8 heteroatoms. The lowest BCUT2D eigenvalue weighted by Gasteiger charge is -2.33. The summed E-state index contributed by atoms with van der Waals surface area (Å²) in [7, 11) is 2.13. The molecule has 140 valence electrons. The first kappa shape index (κ1) is 18.7. The molecule has 7 nitrogen and oxygen atoms in total. The van der Waals surface area contributed by atoms with E-state index in [1.807, 2.05) is 26.0 Å². The number of rotatable bonds is 6. The number of aromatic nitrogens is 2. The maximum Gasteiger partial charge on any atom is 0.234 e. The third-order valence-electron chi connectivity index (χ3n) is 4.52. The average Bonchev–Trinajstić information content (AvgIpc) is 2.95. The van der Waals surface area contributed by atoms with Gasteiger partial charge in [0, 0.05) is 37.5 Å². The minimum absolute atomic E-state index is 0.0316. The number of piperazine rings is 1. The number of anilines is 2. The normalized spacial score (nSPS) is 15.3. The second-order valence-electron chi connectivity index (χ2n) is 6.54. The molecule has 1 saturated heterocycles. The highest BCUT2D eigenvalue weighted by Crippen LogP contribution is 2.20. The van der Waals surface area contributed by atoms with Crippen LogP contribution in [-0.4, -0.2) is 59.9 Å². The predicted octanol–water partition coefficient (Wildman–Crippen LogP) is 2.31. The lowest BCUT2D eigenvalue weighted by Crippen LogP contribution is -2.44. The van der Waals surface area contributed by atoms with Gasteiger partial charge in [-0.25, -0.2) is 4.98 Å². The third-order valence-corrected chi connectivity index (χ3v) is 5.48. The Hall–Kier alpha value is -2.06. The Labute approximate surface area is 158 Å². The molecule has 0 saturated carbocycles. The van der Waals surface area contributed by atoms with Crippen LogP contribution in [0.15, 0.2) is 22.9 Å². The average molecular weight is 375 g/mol. The van der Waals surface area contributed by atoms with Crippen molar-refractivity contribution in [1.82, 2.24) is 15.0 Å². The quantitative estimate of drug-likeness (QED) is 0.830. The van der Waals surface area contributed by atoms with Crippen LogP contribution < -0.4 is 10.2 Å². The van der Waals surface area contributed by atoms with Gasteiger partial charge >= 0.3 is 0 Å². The summed E-state index contributed by atoms with van der Waals surface area (Å²) in [5.41, 5.74) is 2.69. The number of nitrogens with one attached hydrogen (secondary N) is 1. The Morgan fingerprint density at radius 3 is 2.65 bits per heavy atom. The molecule has 1 N–H and O–H groups in total. The minimum atomic E-state index is -0.0316. The number of pyridine rings is 1. The molecular formula is C18H25N5O2S. The van der Waals surface area contributed by atoms with Crippen LogP contribution >= 0.6 is 11.8 Å². The van der Waals surface area contributed by atoms with Gasteiger partial charge in [-0.1, -0.05) is 5.16 Å². The molecule has 1 fully saturated rings. The van der Waals surface area contributed by atoms with Gasteiger partial charge in [0.15, 0.2) is 0 Å². The summed E-state index contributed by atoms with van der Waals surface area (Å²) < 4.78 is 5.14. The third kappa shape index (κ3) is 4.76. The molecule has 0 unspecified atom stereocenters. The maximum absolute atomic E-state index is 12.1. The van der Waals surface area contributed by atoms with Crippen molar-refractivity contribution in [3.63, 3.8) is 0 Å². The monoisotopic (exact) mass is 375 g/mol. The van der Waals surface area contributed by atoms with Gasteiger partial charge in [0.1, 0.15) is 11.6 Å². The second-order valence-corrected chi connectivity index (χ2v) is 7.52. The number of carbonyl (C=O) groups is 1. The van der Waals surface area contributed by atoms with Gasteiger partial charge in [-0.3, -0.25) is 4.79 Å². The maximum atomic E-state index is 12.1. The first-order chi connectivity index (χ1) is 12.5. The Balaban J connectivity index is 1.45. The second kappa shape index (κ2) is 8.55. The summed E-state index contributed by atoms with van der Waals surface area (Å²) in [5.74, 6) is 2.85. The van der Waals surface area contributed by atoms with Gasteiger partial charge < -0.3 is 19.6 Å². The summed E-state index contributed by atoms with van der Waals surface area (Å²) in [6.45, 7) is 7.86. The predicted molar refractivity (Wildman–Crippen MR) is 105 cm³/mol. The van der Waals surface area contributed by atoms with Crippen molar-refractivity contribution in [3.05, 3.63) is 35.3 Å². The molecule has 0 spiro atoms. The topological polar surface area (TPSA) is 74.5 Å². The van der Waals surface area contributed by atoms with Crippen molar-refractivity contribution >= 4 is 29.2 Å². The largest absolute Gasteiger partial charge is 0.361 e. The molecule has 3 rings (SSSR count). The molecule has 3 heterocycles. The summed E-state index contributed by atoms with van der Waals surface area (Å²) in [4.78, 5) is 21.2. The number of carbonyl (C=O) groups excluding carboxylic acids is 1. The van der Waals surface area contributed by atoms with E-state index in [9.17, 15) is 4.79 Å². The zero-order valence-electron chi connectivity index (χ0n) is 15.5. The van der Waals surface area contributed by atoms with E-state index in [2.05, 4.69) is 32.3 Å². The summed E-state index contributed by atoms with van der Waals surface area (Å²) in [6, 6.07) is 3.88. The molecule has 1 amide bonds. The number of thioether (sulfide) groups is 1. The molecule has 0 atom stereocenters. The van der Waals surface area contributed by atoms with Gasteiger partial charge in [-0.2, -0.15) is 0 Å². The van der Waals surface area contributed by atoms with Crippen LogP contribution in [0.25, 0.3) is 0 Å². The summed E-state index contributed by atoms with van der Waals surface area (Å²) in [6.07, 6.45) is 1.73. The van der Waals surface area contributed by atoms with E-state index in [0.717, 1.165) is 60.5 Å². The number of hydrogen-bond acceptors (Lipinski definition) is 7. The van der Waals surface area contributed by atoms with Crippen molar-refractivity contribution in [2.45, 2.75) is 19.6 Å². The van der Waals surface area contributed by atoms with Crippen LogP contribution in [0, 0.1) is 13.8 Å². The van der Waals surface area contributed by atoms with Crippen molar-refractivity contribution in [2.75, 3.05) is 49.2 Å². The van der Waals surface area contributed by atoms with Crippen LogP contribution in [0.4, 0.5) is 11.5 Å². The highest BCUT2D eigenvalue weighted by Gasteiger charge is 2.15. The summed E-state index contributed by atoms with van der Waals surface area (Å²) in [5, 5.41) is 6.83. The highest BCUT2D eigenvalue weighted by molar-refractivity contribution is 7.99. The van der Waals surface area contributed by atoms with Crippen molar-refractivity contribution in [2.24, 2.45) is 0 Å². The van der Waals surface area contributed by atoms with E-state index in [1.54, 1.807) is 18.0 Å². The molecule has 2 aromatic rings. The number of nitrogens with zero attached hydrogens (tertiary/aromatic N) is 4. The molecule has 0 radical (unpaired) electrons. The van der Waals surface area contributed by atoms with Crippen molar-refractivity contribution in [1.29, 1.82) is 0 Å². The SMILES string of the molecule is Cc1noc(C)c1CSCC(=O)Nc1ccc(N2CCN(C)CC2)nc1. The smallest absolute Gasteiger partial charge is 0.234 e. The molecule has 0 aromatic carbocycles. The van der Waals surface area contributed by atoms with Crippen molar-refractivity contribution < 1.29 is 9.32 Å². The Bertz CT molecular complexity index is 719. The van der Waals surface area contributed by atoms with Gasteiger partial charge in [-0.05, 0) is 33.0 Å². The molecule has 1 aliphatic heterocycles. The van der Waals surface area contributed by atoms with Crippen molar-refractivity contribution in [3.8, 4) is 0 Å². The fourth-order valence-electron chi connectivity index (χ4n) is 2.83. The van der Waals surface area contributed by atoms with Crippen LogP contribution in [0.2, 0.25) is 0 Å². The highest BCUT2D eigenvalue weighted by atomic mass is 32.2. The number of hydrogen-bond donors (Lipinski definition) is 1. The van der Waals surface area contributed by atoms with Crippen LogP contribution in [0.1, 0.15) is 17.0 Å². The van der Waals surface area contributed by atoms with E-state index in [0.29, 0.717) is 5.75 Å². The number of amides is 1. The Morgan fingerprint density at radius 1 is 1.27 bits per heavy atom. The van der Waals surface area contributed by atoms with Gasteiger partial charge in [-0.15, -0.1) is 11.8 Å². The fraction of sp³-hybridized carbons (Fsp3) is 0.500. The van der Waals surface area contributed by atoms with Gasteiger partial charge in [0.2, 0.25) is 5.91 Å². The zero-order valence-corrected chi connectivity index (χ0v) is 16.3. The minimum Gasteiger partial charge on any atom is -0.361 e. The molecule has 2 aromatic heterocycles. The van der Waals surface area contributed by atoms with E-state index in [4.69, 9.17) is 4.52 Å². The van der Waals surface area contributed by atoms with E-state index < -0.39 is 0 Å². The zero-order chi connectivity index (χ0) is 18.5. The van der Waals surface area contributed by atoms with Crippen LogP contribution in [-0.2, 0) is 10.5 Å². The van der Waals surface area contributed by atoms with E-state index in [-0.39, 0.29) is 5.91 Å². The molecule has 26 heavy (non-hydrogen) atoms. The van der Waals surface area contributed by atoms with Crippen LogP contribution in [0.3, 0.4) is 0 Å². The first-order valence-corrected chi connectivity index (χ1v) is 9.87. The lowest BCUT2D eigenvalue weighted by molar-refractivity contribution is -0.113.